The van der Waals surface area contributed by atoms with Crippen LogP contribution in [0, 0.1) is 0 Å². The lowest BCUT2D eigenvalue weighted by Crippen LogP contribution is -2.19. The zero-order chi connectivity index (χ0) is 30.6. The minimum Gasteiger partial charge on any atom is -0.465 e. The second kappa shape index (κ2) is 15.7. The number of rotatable bonds is 13. The van der Waals surface area contributed by atoms with Gasteiger partial charge in [-0.1, -0.05) is 40.9 Å². The first-order chi connectivity index (χ1) is 20.8. The van der Waals surface area contributed by atoms with E-state index in [4.69, 9.17) is 9.47 Å². The lowest BCUT2D eigenvalue weighted by molar-refractivity contribution is -0.115. The number of urea groups is 1. The normalized spacial score (nSPS) is 10.6. The molecule has 0 aliphatic carbocycles. The van der Waals surface area contributed by atoms with Gasteiger partial charge in [-0.25, -0.2) is 14.4 Å². The molecule has 0 fully saturated rings. The summed E-state index contributed by atoms with van der Waals surface area (Å²) in [6.45, 7) is 0. The second-order valence-corrected chi connectivity index (χ2v) is 12.0. The second-order valence-electron chi connectivity index (χ2n) is 8.68. The van der Waals surface area contributed by atoms with Gasteiger partial charge in [0.1, 0.15) is 10.0 Å². The van der Waals surface area contributed by atoms with Crippen molar-refractivity contribution in [1.82, 2.24) is 20.4 Å². The van der Waals surface area contributed by atoms with Gasteiger partial charge in [0.15, 0.2) is 0 Å². The summed E-state index contributed by atoms with van der Waals surface area (Å²) in [5, 5.41) is 26.8. The Kier molecular flexibility index (Phi) is 11.5. The topological polar surface area (TPSA) is 174 Å². The fourth-order valence-corrected chi connectivity index (χ4v) is 6.24. The smallest absolute Gasteiger partial charge is 0.337 e. The van der Waals surface area contributed by atoms with Gasteiger partial charge in [0.25, 0.3) is 0 Å². The van der Waals surface area contributed by atoms with Crippen LogP contribution in [0.5, 0.6) is 0 Å². The van der Waals surface area contributed by atoms with E-state index in [-0.39, 0.29) is 12.3 Å². The molecular formula is C27H27N7O6S3. The Balaban J connectivity index is 1.13. The largest absolute Gasteiger partial charge is 0.465 e. The third-order valence-corrected chi connectivity index (χ3v) is 8.36. The van der Waals surface area contributed by atoms with E-state index < -0.39 is 18.0 Å². The minimum atomic E-state index is -0.500. The molecule has 0 atom stereocenters. The molecule has 0 spiro atoms. The molecular weight excluding hydrogens is 615 g/mol. The Morgan fingerprint density at radius 3 is 1.95 bits per heavy atom. The average molecular weight is 642 g/mol. The van der Waals surface area contributed by atoms with Crippen molar-refractivity contribution < 1.29 is 28.7 Å². The Hall–Kier alpha value is -4.41. The Labute approximate surface area is 258 Å². The molecule has 0 bridgehead atoms. The van der Waals surface area contributed by atoms with Crippen LogP contribution in [0.4, 0.5) is 20.7 Å². The van der Waals surface area contributed by atoms with Crippen LogP contribution < -0.4 is 16.0 Å². The van der Waals surface area contributed by atoms with Crippen molar-refractivity contribution in [1.29, 1.82) is 0 Å². The van der Waals surface area contributed by atoms with E-state index in [0.29, 0.717) is 45.5 Å². The molecule has 13 nitrogen and oxygen atoms in total. The van der Waals surface area contributed by atoms with Crippen LogP contribution in [-0.4, -0.2) is 70.0 Å². The molecule has 3 N–H and O–H groups in total. The van der Waals surface area contributed by atoms with Gasteiger partial charge in [-0.2, -0.15) is 11.8 Å². The highest BCUT2D eigenvalue weighted by Gasteiger charge is 2.13. The monoisotopic (exact) mass is 641 g/mol. The Morgan fingerprint density at radius 2 is 1.33 bits per heavy atom. The maximum Gasteiger partial charge on any atom is 0.337 e. The number of methoxy groups -OCH3 is 2. The molecule has 0 saturated carbocycles. The molecule has 224 valence electrons. The fraction of sp³-hybridized carbons (Fsp3) is 0.259. The lowest BCUT2D eigenvalue weighted by atomic mass is 10.1. The molecule has 0 aliphatic rings. The van der Waals surface area contributed by atoms with E-state index in [9.17, 15) is 19.2 Å². The quantitative estimate of drug-likeness (QED) is 0.140. The van der Waals surface area contributed by atoms with Gasteiger partial charge in [-0.3, -0.25) is 10.1 Å². The summed E-state index contributed by atoms with van der Waals surface area (Å²) < 4.78 is 9.41. The van der Waals surface area contributed by atoms with Gasteiger partial charge in [-0.15, -0.1) is 20.4 Å². The number of esters is 2. The summed E-state index contributed by atoms with van der Waals surface area (Å²) >= 11 is 4.32. The molecule has 4 aromatic rings. The number of nitrogens with zero attached hydrogens (tertiary/aromatic N) is 4. The van der Waals surface area contributed by atoms with Crippen molar-refractivity contribution in [2.75, 3.05) is 41.7 Å². The first kappa shape index (κ1) is 31.5. The highest BCUT2D eigenvalue weighted by molar-refractivity contribution is 7.99. The minimum absolute atomic E-state index is 0.0913. The molecule has 2 heterocycles. The molecule has 2 aromatic heterocycles. The third kappa shape index (κ3) is 9.83. The van der Waals surface area contributed by atoms with Crippen molar-refractivity contribution in [2.45, 2.75) is 19.3 Å². The maximum absolute atomic E-state index is 12.4. The number of hydrogen-bond acceptors (Lipinski definition) is 13. The van der Waals surface area contributed by atoms with Crippen LogP contribution in [0.25, 0.3) is 0 Å². The molecule has 43 heavy (non-hydrogen) atoms. The number of amides is 3. The van der Waals surface area contributed by atoms with Gasteiger partial charge in [0.2, 0.25) is 16.2 Å². The summed E-state index contributed by atoms with van der Waals surface area (Å²) in [7, 11) is 2.60. The van der Waals surface area contributed by atoms with E-state index in [2.05, 4.69) is 36.3 Å². The number of aryl methyl sites for hydroxylation is 2. The van der Waals surface area contributed by atoms with Crippen molar-refractivity contribution >= 4 is 74.3 Å². The number of benzene rings is 2. The predicted molar refractivity (Wildman–Crippen MR) is 165 cm³/mol. The summed E-state index contributed by atoms with van der Waals surface area (Å²) in [6, 6.07) is 12.6. The number of carbonyl (C=O) groups is 4. The first-order valence-electron chi connectivity index (χ1n) is 12.8. The van der Waals surface area contributed by atoms with Gasteiger partial charge < -0.3 is 20.1 Å². The number of anilines is 3. The average Bonchev–Trinajstić information content (AvgIpc) is 3.65. The van der Waals surface area contributed by atoms with Crippen molar-refractivity contribution in [3.05, 3.63) is 75.2 Å². The molecule has 0 radical (unpaired) electrons. The number of hydrogen-bond donors (Lipinski definition) is 3. The molecule has 0 saturated heterocycles. The van der Waals surface area contributed by atoms with Gasteiger partial charge in [0.05, 0.1) is 31.8 Å². The van der Waals surface area contributed by atoms with Crippen LogP contribution in [0.1, 0.15) is 36.3 Å². The summed E-state index contributed by atoms with van der Waals surface area (Å²) in [6.07, 6.45) is 1.47. The van der Waals surface area contributed by atoms with Crippen molar-refractivity contribution in [3.8, 4) is 0 Å². The zero-order valence-electron chi connectivity index (χ0n) is 23.1. The van der Waals surface area contributed by atoms with E-state index >= 15 is 0 Å². The number of ether oxygens (including phenoxy) is 2. The fourth-order valence-electron chi connectivity index (χ4n) is 3.61. The standard InChI is InChI=1S/C27H27N7O6S3/c1-39-23(36)17-6-3-5-16(13-17)14-20(35)29-26-33-31-21(42-26)9-11-41-12-10-22-32-34-27(43-22)30-25(38)28-19-8-4-7-18(15-19)24(37)40-2/h3-8,13,15H,9-12,14H2,1-2H3,(H,29,33,35)(H2,28,30,34,38). The SMILES string of the molecule is COC(=O)c1cccc(CC(=O)Nc2nnc(CCSCCc3nnc(NC(=O)Nc4cccc(C(=O)OC)c4)s3)s2)c1. The number of carbonyl (C=O) groups excluding carboxylic acids is 4. The van der Waals surface area contributed by atoms with Crippen LogP contribution in [0.15, 0.2) is 48.5 Å². The number of aromatic nitrogens is 4. The highest BCUT2D eigenvalue weighted by Crippen LogP contribution is 2.21. The van der Waals surface area contributed by atoms with Gasteiger partial charge in [0, 0.05) is 18.5 Å². The summed E-state index contributed by atoms with van der Waals surface area (Å²) in [5.74, 6) is 0.399. The van der Waals surface area contributed by atoms with Crippen LogP contribution in [0.2, 0.25) is 0 Å². The molecule has 0 aliphatic heterocycles. The summed E-state index contributed by atoms with van der Waals surface area (Å²) in [5.41, 5.74) is 1.83. The van der Waals surface area contributed by atoms with Crippen molar-refractivity contribution in [3.63, 3.8) is 0 Å². The molecule has 3 amide bonds. The van der Waals surface area contributed by atoms with Crippen LogP contribution in [0.3, 0.4) is 0 Å². The molecule has 4 rings (SSSR count). The lowest BCUT2D eigenvalue weighted by Gasteiger charge is -2.06. The maximum atomic E-state index is 12.4. The highest BCUT2D eigenvalue weighted by atomic mass is 32.2. The van der Waals surface area contributed by atoms with E-state index in [1.165, 1.54) is 43.0 Å². The molecule has 2 aromatic carbocycles. The van der Waals surface area contributed by atoms with Crippen LogP contribution >= 0.6 is 34.4 Å². The van der Waals surface area contributed by atoms with Gasteiger partial charge >= 0.3 is 18.0 Å². The molecule has 16 heteroatoms. The Morgan fingerprint density at radius 1 is 0.744 bits per heavy atom. The van der Waals surface area contributed by atoms with Crippen LogP contribution in [-0.2, 0) is 33.5 Å². The summed E-state index contributed by atoms with van der Waals surface area (Å²) in [4.78, 5) is 48.1. The third-order valence-electron chi connectivity index (χ3n) is 5.58. The molecule has 0 unspecified atom stereocenters. The van der Waals surface area contributed by atoms with E-state index in [0.717, 1.165) is 21.5 Å². The van der Waals surface area contributed by atoms with E-state index in [1.54, 1.807) is 54.2 Å². The van der Waals surface area contributed by atoms with Crippen molar-refractivity contribution in [2.24, 2.45) is 0 Å². The first-order valence-corrected chi connectivity index (χ1v) is 15.6. The van der Waals surface area contributed by atoms with E-state index in [1.807, 2.05) is 0 Å². The van der Waals surface area contributed by atoms with Gasteiger partial charge in [-0.05, 0) is 47.4 Å². The zero-order valence-corrected chi connectivity index (χ0v) is 25.6. The number of thioether (sulfide) groups is 1. The number of nitrogens with one attached hydrogen (secondary N) is 3. The predicted octanol–water partition coefficient (Wildman–Crippen LogP) is 4.31. The Bertz CT molecular complexity index is 1480.